The number of hydrogen-bond donors (Lipinski definition) is 2. The summed E-state index contributed by atoms with van der Waals surface area (Å²) in [6.07, 6.45) is 5.05. The number of anilines is 1. The van der Waals surface area contributed by atoms with Crippen LogP contribution in [0, 0.1) is 0 Å². The quantitative estimate of drug-likeness (QED) is 0.881. The zero-order chi connectivity index (χ0) is 16.4. The number of nitrogens with two attached hydrogens (primary N) is 1. The van der Waals surface area contributed by atoms with Crippen molar-refractivity contribution in [3.8, 4) is 0 Å². The van der Waals surface area contributed by atoms with E-state index in [1.807, 2.05) is 5.38 Å². The minimum Gasteiger partial charge on any atom is -0.374 e. The van der Waals surface area contributed by atoms with Crippen LogP contribution in [0.25, 0.3) is 0 Å². The van der Waals surface area contributed by atoms with Gasteiger partial charge in [-0.2, -0.15) is 0 Å². The molecule has 2 aromatic heterocycles. The zero-order valence-electron chi connectivity index (χ0n) is 13.3. The number of nitrogens with zero attached hydrogens (tertiary/aromatic N) is 3. The molecule has 0 saturated heterocycles. The molecule has 3 N–H and O–H groups in total. The summed E-state index contributed by atoms with van der Waals surface area (Å²) < 4.78 is 0. The number of carbonyl (C=O) groups is 1. The Kier molecular flexibility index (Phi) is 4.63. The van der Waals surface area contributed by atoms with Gasteiger partial charge in [0, 0.05) is 11.3 Å². The number of hydrogen-bond acceptors (Lipinski definition) is 7. The lowest BCUT2D eigenvalue weighted by Crippen LogP contribution is -2.47. The molecule has 1 amide bonds. The van der Waals surface area contributed by atoms with Crippen LogP contribution in [0.1, 0.15) is 72.4 Å². The van der Waals surface area contributed by atoms with E-state index in [1.54, 1.807) is 0 Å². The van der Waals surface area contributed by atoms with Crippen molar-refractivity contribution in [3.05, 3.63) is 21.1 Å². The van der Waals surface area contributed by atoms with Gasteiger partial charge < -0.3 is 11.1 Å². The van der Waals surface area contributed by atoms with Crippen LogP contribution in [0.2, 0.25) is 0 Å². The second-order valence-corrected chi connectivity index (χ2v) is 8.17. The topological polar surface area (TPSA) is 93.8 Å². The van der Waals surface area contributed by atoms with Crippen LogP contribution in [0.15, 0.2) is 5.38 Å². The standard InChI is InChI=1S/C15H21N5OS2/c1-9(2)12-17-10(8-22-12)11(21)18-15(6-4-3-5-7-15)13-19-20-14(16)23-13/h8-9H,3-7H2,1-2H3,(H2,16,20)(H,18,21). The average Bonchev–Trinajstić information content (AvgIpc) is 3.17. The highest BCUT2D eigenvalue weighted by atomic mass is 32.1. The van der Waals surface area contributed by atoms with Crippen molar-refractivity contribution in [1.29, 1.82) is 0 Å². The van der Waals surface area contributed by atoms with Gasteiger partial charge in [-0.05, 0) is 12.8 Å². The number of nitrogens with one attached hydrogen (secondary N) is 1. The molecule has 0 aromatic carbocycles. The summed E-state index contributed by atoms with van der Waals surface area (Å²) in [4.78, 5) is 17.1. The Hall–Kier alpha value is -1.54. The first-order chi connectivity index (χ1) is 11.0. The van der Waals surface area contributed by atoms with Gasteiger partial charge in [-0.15, -0.1) is 21.5 Å². The first kappa shape index (κ1) is 16.3. The summed E-state index contributed by atoms with van der Waals surface area (Å²) in [5.41, 5.74) is 5.78. The Labute approximate surface area is 143 Å². The molecular weight excluding hydrogens is 330 g/mol. The van der Waals surface area contributed by atoms with Crippen molar-refractivity contribution in [1.82, 2.24) is 20.5 Å². The highest BCUT2D eigenvalue weighted by Crippen LogP contribution is 2.39. The maximum Gasteiger partial charge on any atom is 0.271 e. The second-order valence-electron chi connectivity index (χ2n) is 6.27. The van der Waals surface area contributed by atoms with Gasteiger partial charge in [0.15, 0.2) is 0 Å². The zero-order valence-corrected chi connectivity index (χ0v) is 15.0. The van der Waals surface area contributed by atoms with Gasteiger partial charge in [0.1, 0.15) is 10.7 Å². The Balaban J connectivity index is 1.84. The van der Waals surface area contributed by atoms with Crippen LogP contribution in [-0.2, 0) is 5.54 Å². The summed E-state index contributed by atoms with van der Waals surface area (Å²) in [6.45, 7) is 4.15. The smallest absolute Gasteiger partial charge is 0.271 e. The Morgan fingerprint density at radius 3 is 2.61 bits per heavy atom. The molecule has 0 radical (unpaired) electrons. The third-order valence-corrected chi connectivity index (χ3v) is 6.26. The fourth-order valence-electron chi connectivity index (χ4n) is 2.91. The van der Waals surface area contributed by atoms with E-state index >= 15 is 0 Å². The van der Waals surface area contributed by atoms with Crippen molar-refractivity contribution in [2.45, 2.75) is 57.4 Å². The lowest BCUT2D eigenvalue weighted by molar-refractivity contribution is 0.0860. The van der Waals surface area contributed by atoms with Gasteiger partial charge in [0.2, 0.25) is 5.13 Å². The number of nitrogen functional groups attached to an aromatic ring is 1. The molecule has 1 aliphatic rings. The van der Waals surface area contributed by atoms with E-state index in [9.17, 15) is 4.79 Å². The highest BCUT2D eigenvalue weighted by molar-refractivity contribution is 7.15. The molecular formula is C15H21N5OS2. The number of amides is 1. The highest BCUT2D eigenvalue weighted by Gasteiger charge is 2.39. The van der Waals surface area contributed by atoms with Crippen LogP contribution >= 0.6 is 22.7 Å². The molecule has 8 heteroatoms. The van der Waals surface area contributed by atoms with E-state index in [2.05, 4.69) is 34.3 Å². The maximum atomic E-state index is 12.7. The summed E-state index contributed by atoms with van der Waals surface area (Å²) in [6, 6.07) is 0. The summed E-state index contributed by atoms with van der Waals surface area (Å²) in [5.74, 6) is 0.192. The van der Waals surface area contributed by atoms with Gasteiger partial charge in [-0.1, -0.05) is 44.4 Å². The number of carbonyl (C=O) groups excluding carboxylic acids is 1. The first-order valence-electron chi connectivity index (χ1n) is 7.87. The Bertz CT molecular complexity index is 688. The SMILES string of the molecule is CC(C)c1nc(C(=O)NC2(c3nnc(N)s3)CCCCC2)cs1. The van der Waals surface area contributed by atoms with Crippen molar-refractivity contribution >= 4 is 33.7 Å². The number of aromatic nitrogens is 3. The second kappa shape index (κ2) is 6.52. The molecule has 23 heavy (non-hydrogen) atoms. The summed E-state index contributed by atoms with van der Waals surface area (Å²) in [7, 11) is 0. The fourth-order valence-corrected chi connectivity index (χ4v) is 4.54. The Morgan fingerprint density at radius 1 is 1.30 bits per heavy atom. The third-order valence-electron chi connectivity index (χ3n) is 4.16. The molecule has 1 saturated carbocycles. The van der Waals surface area contributed by atoms with E-state index in [0.29, 0.717) is 16.7 Å². The molecule has 0 aliphatic heterocycles. The molecule has 124 valence electrons. The van der Waals surface area contributed by atoms with E-state index < -0.39 is 5.54 Å². The largest absolute Gasteiger partial charge is 0.374 e. The normalized spacial score (nSPS) is 17.3. The van der Waals surface area contributed by atoms with Crippen LogP contribution in [0.3, 0.4) is 0 Å². The van der Waals surface area contributed by atoms with Crippen molar-refractivity contribution < 1.29 is 4.79 Å². The molecule has 6 nitrogen and oxygen atoms in total. The predicted octanol–water partition coefficient (Wildman–Crippen LogP) is 3.29. The van der Waals surface area contributed by atoms with Gasteiger partial charge in [-0.25, -0.2) is 4.98 Å². The first-order valence-corrected chi connectivity index (χ1v) is 9.57. The van der Waals surface area contributed by atoms with Crippen molar-refractivity contribution in [2.75, 3.05) is 5.73 Å². The molecule has 0 spiro atoms. The lowest BCUT2D eigenvalue weighted by atomic mass is 9.82. The number of thiazole rings is 1. The van der Waals surface area contributed by atoms with E-state index in [0.717, 1.165) is 35.7 Å². The lowest BCUT2D eigenvalue weighted by Gasteiger charge is -2.35. The molecule has 0 unspecified atom stereocenters. The van der Waals surface area contributed by atoms with Crippen molar-refractivity contribution in [2.24, 2.45) is 0 Å². The monoisotopic (exact) mass is 351 g/mol. The van der Waals surface area contributed by atoms with E-state index in [4.69, 9.17) is 5.73 Å². The molecule has 2 aromatic rings. The maximum absolute atomic E-state index is 12.7. The molecule has 1 aliphatic carbocycles. The fraction of sp³-hybridized carbons (Fsp3) is 0.600. The van der Waals surface area contributed by atoms with E-state index in [-0.39, 0.29) is 5.91 Å². The summed E-state index contributed by atoms with van der Waals surface area (Å²) >= 11 is 2.89. The van der Waals surface area contributed by atoms with Crippen LogP contribution in [0.4, 0.5) is 5.13 Å². The van der Waals surface area contributed by atoms with Gasteiger partial charge >= 0.3 is 0 Å². The molecule has 1 fully saturated rings. The van der Waals surface area contributed by atoms with Crippen LogP contribution in [-0.4, -0.2) is 21.1 Å². The average molecular weight is 352 g/mol. The molecule has 0 atom stereocenters. The third kappa shape index (κ3) is 3.37. The van der Waals surface area contributed by atoms with Crippen molar-refractivity contribution in [3.63, 3.8) is 0 Å². The van der Waals surface area contributed by atoms with Gasteiger partial charge in [0.25, 0.3) is 5.91 Å². The summed E-state index contributed by atoms with van der Waals surface area (Å²) in [5, 5.41) is 15.4. The molecule has 2 heterocycles. The number of rotatable bonds is 4. The predicted molar refractivity (Wildman–Crippen MR) is 92.8 cm³/mol. The van der Waals surface area contributed by atoms with Gasteiger partial charge in [0.05, 0.1) is 10.5 Å². The molecule has 3 rings (SSSR count). The van der Waals surface area contributed by atoms with Gasteiger partial charge in [-0.3, -0.25) is 4.79 Å². The van der Waals surface area contributed by atoms with Crippen LogP contribution in [0.5, 0.6) is 0 Å². The Morgan fingerprint density at radius 2 is 2.04 bits per heavy atom. The minimum atomic E-state index is -0.452. The minimum absolute atomic E-state index is 0.135. The molecule has 0 bridgehead atoms. The van der Waals surface area contributed by atoms with E-state index in [1.165, 1.54) is 29.1 Å². The van der Waals surface area contributed by atoms with Crippen LogP contribution < -0.4 is 11.1 Å².